The van der Waals surface area contributed by atoms with Gasteiger partial charge in [-0.3, -0.25) is 0 Å². The normalized spacial score (nSPS) is 12.0. The topological polar surface area (TPSA) is 0 Å². The summed E-state index contributed by atoms with van der Waals surface area (Å²) in [7, 11) is 0. The van der Waals surface area contributed by atoms with E-state index in [0.29, 0.717) is 5.92 Å². The Morgan fingerprint density at radius 2 is 1.75 bits per heavy atom. The molecule has 12 heavy (non-hydrogen) atoms. The number of rotatable bonds is 4. The van der Waals surface area contributed by atoms with Crippen LogP contribution >= 0.6 is 0 Å². The van der Waals surface area contributed by atoms with Crippen LogP contribution in [-0.4, -0.2) is 0 Å². The summed E-state index contributed by atoms with van der Waals surface area (Å²) in [5, 5.41) is 0. The molecular weight excluding hydrogens is 144 g/mol. The Morgan fingerprint density at radius 3 is 2.08 bits per heavy atom. The van der Waals surface area contributed by atoms with E-state index in [-0.39, 0.29) is 0 Å². The highest BCUT2D eigenvalue weighted by Gasteiger charge is 2.03. The van der Waals surface area contributed by atoms with Crippen molar-refractivity contribution in [2.24, 2.45) is 5.92 Å². The van der Waals surface area contributed by atoms with E-state index >= 15 is 0 Å². The van der Waals surface area contributed by atoms with E-state index < -0.39 is 0 Å². The SMILES string of the molecule is C=C(C)C[C@@H](C)C(=C)C=C(C)C. The fourth-order valence-corrected chi connectivity index (χ4v) is 1.17. The van der Waals surface area contributed by atoms with Gasteiger partial charge in [0.2, 0.25) is 0 Å². The summed E-state index contributed by atoms with van der Waals surface area (Å²) in [6, 6.07) is 0. The Hall–Kier alpha value is -0.780. The Kier molecular flexibility index (Phi) is 4.65. The average molecular weight is 164 g/mol. The first-order valence-corrected chi connectivity index (χ1v) is 4.41. The lowest BCUT2D eigenvalue weighted by Gasteiger charge is -2.11. The summed E-state index contributed by atoms with van der Waals surface area (Å²) in [4.78, 5) is 0. The molecule has 0 spiro atoms. The summed E-state index contributed by atoms with van der Waals surface area (Å²) in [5.74, 6) is 0.525. The smallest absolute Gasteiger partial charge is 0.0159 e. The maximum atomic E-state index is 4.03. The minimum absolute atomic E-state index is 0.525. The summed E-state index contributed by atoms with van der Waals surface area (Å²) >= 11 is 0. The van der Waals surface area contributed by atoms with Crippen molar-refractivity contribution in [1.82, 2.24) is 0 Å². The maximum Gasteiger partial charge on any atom is -0.0159 e. The Morgan fingerprint density at radius 1 is 1.25 bits per heavy atom. The van der Waals surface area contributed by atoms with E-state index in [4.69, 9.17) is 0 Å². The number of allylic oxidation sites excluding steroid dienone is 4. The van der Waals surface area contributed by atoms with Crippen LogP contribution in [0.1, 0.15) is 34.1 Å². The summed E-state index contributed by atoms with van der Waals surface area (Å²) < 4.78 is 0. The Bertz CT molecular complexity index is 202. The lowest BCUT2D eigenvalue weighted by Crippen LogP contribution is -1.96. The van der Waals surface area contributed by atoms with Crippen LogP contribution in [0, 0.1) is 5.92 Å². The molecule has 68 valence electrons. The van der Waals surface area contributed by atoms with Crippen molar-refractivity contribution in [3.8, 4) is 0 Å². The van der Waals surface area contributed by atoms with Gasteiger partial charge in [0.05, 0.1) is 0 Å². The Balaban J connectivity index is 4.11. The van der Waals surface area contributed by atoms with Crippen LogP contribution in [0.4, 0.5) is 0 Å². The van der Waals surface area contributed by atoms with Gasteiger partial charge < -0.3 is 0 Å². The zero-order valence-electron chi connectivity index (χ0n) is 8.78. The van der Waals surface area contributed by atoms with Gasteiger partial charge in [0.15, 0.2) is 0 Å². The van der Waals surface area contributed by atoms with E-state index in [0.717, 1.165) is 6.42 Å². The number of hydrogen-bond donors (Lipinski definition) is 0. The van der Waals surface area contributed by atoms with Crippen molar-refractivity contribution in [2.75, 3.05) is 0 Å². The van der Waals surface area contributed by atoms with E-state index in [1.807, 2.05) is 0 Å². The largest absolute Gasteiger partial charge is 0.100 e. The molecule has 0 rings (SSSR count). The van der Waals surface area contributed by atoms with Gasteiger partial charge in [-0.15, -0.1) is 6.58 Å². The summed E-state index contributed by atoms with van der Waals surface area (Å²) in [5.41, 5.74) is 3.75. The van der Waals surface area contributed by atoms with Crippen molar-refractivity contribution in [3.63, 3.8) is 0 Å². The predicted molar refractivity (Wildman–Crippen MR) is 57.2 cm³/mol. The standard InChI is InChI=1S/C12H20/c1-9(2)7-11(5)12(6)8-10(3)4/h8,11H,1,6-7H2,2-5H3/t11-/m1/s1. The second kappa shape index (κ2) is 4.97. The van der Waals surface area contributed by atoms with Gasteiger partial charge in [0, 0.05) is 0 Å². The molecule has 0 aromatic heterocycles. The van der Waals surface area contributed by atoms with Crippen LogP contribution in [0.3, 0.4) is 0 Å². The fraction of sp³-hybridized carbons (Fsp3) is 0.500. The molecule has 1 atom stereocenters. The third-order valence-corrected chi connectivity index (χ3v) is 1.76. The monoisotopic (exact) mass is 164 g/mol. The first kappa shape index (κ1) is 11.2. The van der Waals surface area contributed by atoms with Crippen molar-refractivity contribution in [3.05, 3.63) is 36.0 Å². The molecule has 0 aliphatic heterocycles. The van der Waals surface area contributed by atoms with Gasteiger partial charge in [0.1, 0.15) is 0 Å². The first-order chi connectivity index (χ1) is 5.43. The molecule has 0 bridgehead atoms. The molecule has 0 saturated heterocycles. The maximum absolute atomic E-state index is 4.03. The van der Waals surface area contributed by atoms with Crippen LogP contribution in [0.5, 0.6) is 0 Å². The molecular formula is C12H20. The zero-order valence-corrected chi connectivity index (χ0v) is 8.78. The third kappa shape index (κ3) is 4.95. The molecule has 0 aromatic carbocycles. The molecule has 0 amide bonds. The molecule has 0 aliphatic carbocycles. The molecule has 0 aliphatic rings. The lowest BCUT2D eigenvalue weighted by molar-refractivity contribution is 0.690. The van der Waals surface area contributed by atoms with Gasteiger partial charge in [-0.25, -0.2) is 0 Å². The number of hydrogen-bond acceptors (Lipinski definition) is 0. The van der Waals surface area contributed by atoms with Gasteiger partial charge in [-0.1, -0.05) is 36.3 Å². The van der Waals surface area contributed by atoms with E-state index in [9.17, 15) is 0 Å². The van der Waals surface area contributed by atoms with Crippen LogP contribution in [0.25, 0.3) is 0 Å². The fourth-order valence-electron chi connectivity index (χ4n) is 1.17. The minimum atomic E-state index is 0.525. The van der Waals surface area contributed by atoms with Crippen LogP contribution in [-0.2, 0) is 0 Å². The predicted octanol–water partition coefficient (Wildman–Crippen LogP) is 4.11. The summed E-state index contributed by atoms with van der Waals surface area (Å²) in [6.45, 7) is 16.4. The van der Waals surface area contributed by atoms with Gasteiger partial charge in [0.25, 0.3) is 0 Å². The molecule has 0 nitrogen and oxygen atoms in total. The molecule has 0 heteroatoms. The highest BCUT2D eigenvalue weighted by molar-refractivity contribution is 5.21. The van der Waals surface area contributed by atoms with Gasteiger partial charge in [-0.2, -0.15) is 0 Å². The quantitative estimate of drug-likeness (QED) is 0.433. The molecule has 0 saturated carbocycles. The second-order valence-corrected chi connectivity index (χ2v) is 3.86. The van der Waals surface area contributed by atoms with Crippen molar-refractivity contribution in [1.29, 1.82) is 0 Å². The molecule has 0 N–H and O–H groups in total. The molecule has 0 fully saturated rings. The van der Waals surface area contributed by atoms with Gasteiger partial charge in [-0.05, 0) is 33.1 Å². The molecule has 0 unspecified atom stereocenters. The average Bonchev–Trinajstić information content (AvgIpc) is 1.84. The highest BCUT2D eigenvalue weighted by Crippen LogP contribution is 2.18. The summed E-state index contributed by atoms with van der Waals surface area (Å²) in [6.07, 6.45) is 3.19. The zero-order chi connectivity index (χ0) is 9.72. The van der Waals surface area contributed by atoms with Crippen LogP contribution in [0.2, 0.25) is 0 Å². The van der Waals surface area contributed by atoms with Crippen molar-refractivity contribution in [2.45, 2.75) is 34.1 Å². The lowest BCUT2D eigenvalue weighted by atomic mass is 9.94. The molecule has 0 aromatic rings. The highest BCUT2D eigenvalue weighted by atomic mass is 14.1. The minimum Gasteiger partial charge on any atom is -0.100 e. The van der Waals surface area contributed by atoms with E-state index in [1.54, 1.807) is 0 Å². The Labute approximate surface area is 76.7 Å². The molecule has 0 radical (unpaired) electrons. The third-order valence-electron chi connectivity index (χ3n) is 1.76. The van der Waals surface area contributed by atoms with Crippen molar-refractivity contribution >= 4 is 0 Å². The van der Waals surface area contributed by atoms with Crippen molar-refractivity contribution < 1.29 is 0 Å². The molecule has 0 heterocycles. The second-order valence-electron chi connectivity index (χ2n) is 3.86. The van der Waals surface area contributed by atoms with E-state index in [1.165, 1.54) is 16.7 Å². The first-order valence-electron chi connectivity index (χ1n) is 4.41. The van der Waals surface area contributed by atoms with Gasteiger partial charge >= 0.3 is 0 Å². The van der Waals surface area contributed by atoms with Crippen LogP contribution < -0.4 is 0 Å². The van der Waals surface area contributed by atoms with Crippen LogP contribution in [0.15, 0.2) is 36.0 Å². The van der Waals surface area contributed by atoms with E-state index in [2.05, 4.69) is 46.9 Å².